The molecule has 0 saturated heterocycles. The average Bonchev–Trinajstić information content (AvgIpc) is 2.62. The van der Waals surface area contributed by atoms with Gasteiger partial charge in [0.25, 0.3) is 5.56 Å². The fourth-order valence-corrected chi connectivity index (χ4v) is 3.04. The van der Waals surface area contributed by atoms with Crippen LogP contribution in [0.3, 0.4) is 0 Å². The lowest BCUT2D eigenvalue weighted by atomic mass is 9.96. The number of H-pyrrole nitrogens is 1. The topological polar surface area (TPSA) is 90.8 Å². The fraction of sp³-hybridized carbons (Fsp3) is 0.389. The van der Waals surface area contributed by atoms with E-state index in [0.29, 0.717) is 29.0 Å². The molecule has 3 rings (SSSR count). The molecule has 0 amide bonds. The van der Waals surface area contributed by atoms with Gasteiger partial charge in [-0.25, -0.2) is 4.98 Å². The highest BCUT2D eigenvalue weighted by molar-refractivity contribution is 5.67. The molecular formula is C18H20N4O2. The van der Waals surface area contributed by atoms with Gasteiger partial charge in [-0.1, -0.05) is 19.3 Å². The summed E-state index contributed by atoms with van der Waals surface area (Å²) in [5.74, 6) is 1.14. The maximum Gasteiger partial charge on any atom is 0.270 e. The zero-order valence-electron chi connectivity index (χ0n) is 13.6. The molecule has 6 heteroatoms. The number of nitrogens with one attached hydrogen (secondary N) is 2. The number of hydrogen-bond donors (Lipinski definition) is 2. The van der Waals surface area contributed by atoms with Gasteiger partial charge in [-0.05, 0) is 37.1 Å². The van der Waals surface area contributed by atoms with Crippen molar-refractivity contribution >= 4 is 5.95 Å². The van der Waals surface area contributed by atoms with Crippen molar-refractivity contribution in [3.63, 3.8) is 0 Å². The van der Waals surface area contributed by atoms with Crippen molar-refractivity contribution in [3.05, 3.63) is 40.2 Å². The normalized spacial score (nSPS) is 14.8. The third-order valence-electron chi connectivity index (χ3n) is 4.34. The molecule has 6 nitrogen and oxygen atoms in total. The second-order valence-electron chi connectivity index (χ2n) is 5.96. The number of aromatic amines is 1. The first-order valence-electron chi connectivity index (χ1n) is 8.16. The van der Waals surface area contributed by atoms with Crippen LogP contribution in [0, 0.1) is 11.3 Å². The number of rotatable bonds is 4. The Bertz CT molecular complexity index is 799. The summed E-state index contributed by atoms with van der Waals surface area (Å²) in [6.45, 7) is 0. The predicted molar refractivity (Wildman–Crippen MR) is 92.1 cm³/mol. The quantitative estimate of drug-likeness (QED) is 0.902. The first-order valence-corrected chi connectivity index (χ1v) is 8.16. The van der Waals surface area contributed by atoms with Crippen molar-refractivity contribution in [1.82, 2.24) is 9.97 Å². The van der Waals surface area contributed by atoms with Crippen LogP contribution < -0.4 is 15.6 Å². The lowest BCUT2D eigenvalue weighted by molar-refractivity contribution is 0.415. The fourth-order valence-electron chi connectivity index (χ4n) is 3.04. The van der Waals surface area contributed by atoms with Crippen molar-refractivity contribution in [2.24, 2.45) is 0 Å². The van der Waals surface area contributed by atoms with Crippen LogP contribution in [0.5, 0.6) is 5.75 Å². The standard InChI is InChI=1S/C18H20N4O2/c1-24-14-9-7-12(8-10-14)16-15(11-19)17(23)22-18(21-16)20-13-5-3-2-4-6-13/h7-10,13H,2-6H2,1H3,(H2,20,21,22,23). The lowest BCUT2D eigenvalue weighted by Gasteiger charge is -2.23. The van der Waals surface area contributed by atoms with Gasteiger partial charge >= 0.3 is 0 Å². The van der Waals surface area contributed by atoms with Gasteiger partial charge in [0.1, 0.15) is 17.4 Å². The molecule has 2 N–H and O–H groups in total. The molecule has 24 heavy (non-hydrogen) atoms. The first kappa shape index (κ1) is 16.1. The minimum Gasteiger partial charge on any atom is -0.497 e. The monoisotopic (exact) mass is 324 g/mol. The maximum absolute atomic E-state index is 12.2. The third-order valence-corrected chi connectivity index (χ3v) is 4.34. The van der Waals surface area contributed by atoms with Crippen LogP contribution in [0.25, 0.3) is 11.3 Å². The Hall–Kier alpha value is -2.81. The number of hydrogen-bond acceptors (Lipinski definition) is 5. The van der Waals surface area contributed by atoms with E-state index in [9.17, 15) is 10.1 Å². The summed E-state index contributed by atoms with van der Waals surface area (Å²) in [6.07, 6.45) is 5.77. The van der Waals surface area contributed by atoms with E-state index in [4.69, 9.17) is 4.74 Å². The molecule has 0 spiro atoms. The van der Waals surface area contributed by atoms with E-state index in [0.717, 1.165) is 12.8 Å². The zero-order chi connectivity index (χ0) is 16.9. The number of aromatic nitrogens is 2. The molecule has 1 saturated carbocycles. The SMILES string of the molecule is COc1ccc(-c2nc(NC3CCCCC3)[nH]c(=O)c2C#N)cc1. The first-order chi connectivity index (χ1) is 11.7. The second kappa shape index (κ2) is 7.18. The van der Waals surface area contributed by atoms with E-state index in [-0.39, 0.29) is 5.56 Å². The molecule has 0 bridgehead atoms. The second-order valence-corrected chi connectivity index (χ2v) is 5.96. The van der Waals surface area contributed by atoms with Gasteiger partial charge in [-0.2, -0.15) is 5.26 Å². The Kier molecular flexibility index (Phi) is 4.80. The van der Waals surface area contributed by atoms with Gasteiger partial charge in [-0.15, -0.1) is 0 Å². The van der Waals surface area contributed by atoms with E-state index in [1.54, 1.807) is 31.4 Å². The Morgan fingerprint density at radius 3 is 2.58 bits per heavy atom. The van der Waals surface area contributed by atoms with Crippen molar-refractivity contribution in [2.45, 2.75) is 38.1 Å². The molecule has 1 heterocycles. The highest BCUT2D eigenvalue weighted by Gasteiger charge is 2.17. The molecule has 0 radical (unpaired) electrons. The minimum absolute atomic E-state index is 0.0226. The van der Waals surface area contributed by atoms with Crippen LogP contribution in [0.1, 0.15) is 37.7 Å². The summed E-state index contributed by atoms with van der Waals surface area (Å²) in [6, 6.07) is 9.44. The minimum atomic E-state index is -0.420. The van der Waals surface area contributed by atoms with Crippen LogP contribution >= 0.6 is 0 Å². The van der Waals surface area contributed by atoms with Crippen LogP contribution in [-0.2, 0) is 0 Å². The number of nitriles is 1. The molecule has 1 aliphatic rings. The van der Waals surface area contributed by atoms with Crippen LogP contribution in [0.15, 0.2) is 29.1 Å². The lowest BCUT2D eigenvalue weighted by Crippen LogP contribution is -2.26. The van der Waals surface area contributed by atoms with Crippen molar-refractivity contribution in [1.29, 1.82) is 5.26 Å². The summed E-state index contributed by atoms with van der Waals surface area (Å²) in [4.78, 5) is 19.4. The zero-order valence-corrected chi connectivity index (χ0v) is 13.6. The van der Waals surface area contributed by atoms with E-state index >= 15 is 0 Å². The third kappa shape index (κ3) is 3.40. The van der Waals surface area contributed by atoms with Crippen molar-refractivity contribution in [2.75, 3.05) is 12.4 Å². The molecule has 0 aliphatic heterocycles. The van der Waals surface area contributed by atoms with Gasteiger partial charge in [-0.3, -0.25) is 9.78 Å². The Balaban J connectivity index is 1.96. The molecule has 124 valence electrons. The molecule has 0 unspecified atom stereocenters. The van der Waals surface area contributed by atoms with E-state index < -0.39 is 5.56 Å². The average molecular weight is 324 g/mol. The van der Waals surface area contributed by atoms with Crippen molar-refractivity contribution < 1.29 is 4.74 Å². The Labute approximate surface area is 140 Å². The van der Waals surface area contributed by atoms with E-state index in [1.165, 1.54) is 19.3 Å². The molecule has 1 aliphatic carbocycles. The summed E-state index contributed by atoms with van der Waals surface area (Å²) in [7, 11) is 1.59. The Morgan fingerprint density at radius 2 is 1.96 bits per heavy atom. The maximum atomic E-state index is 12.2. The van der Waals surface area contributed by atoms with Gasteiger partial charge in [0, 0.05) is 11.6 Å². The molecule has 2 aromatic rings. The molecule has 1 fully saturated rings. The van der Waals surface area contributed by atoms with Crippen LogP contribution in [0.2, 0.25) is 0 Å². The smallest absolute Gasteiger partial charge is 0.270 e. The summed E-state index contributed by atoms with van der Waals surface area (Å²) in [5.41, 5.74) is 0.707. The highest BCUT2D eigenvalue weighted by atomic mass is 16.5. The molecule has 1 aromatic heterocycles. The van der Waals surface area contributed by atoms with Crippen LogP contribution in [-0.4, -0.2) is 23.1 Å². The van der Waals surface area contributed by atoms with Gasteiger partial charge in [0.15, 0.2) is 0 Å². The highest BCUT2D eigenvalue weighted by Crippen LogP contribution is 2.24. The number of anilines is 1. The number of benzene rings is 1. The number of ether oxygens (including phenoxy) is 1. The largest absolute Gasteiger partial charge is 0.497 e. The van der Waals surface area contributed by atoms with Gasteiger partial charge in [0.2, 0.25) is 5.95 Å². The Morgan fingerprint density at radius 1 is 1.25 bits per heavy atom. The summed E-state index contributed by atoms with van der Waals surface area (Å²) in [5, 5.41) is 12.6. The van der Waals surface area contributed by atoms with Gasteiger partial charge < -0.3 is 10.1 Å². The summed E-state index contributed by atoms with van der Waals surface area (Å²) < 4.78 is 5.14. The van der Waals surface area contributed by atoms with Gasteiger partial charge in [0.05, 0.1) is 12.8 Å². The van der Waals surface area contributed by atoms with Crippen LogP contribution in [0.4, 0.5) is 5.95 Å². The molecule has 1 aromatic carbocycles. The molecular weight excluding hydrogens is 304 g/mol. The molecule has 0 atom stereocenters. The van der Waals surface area contributed by atoms with E-state index in [2.05, 4.69) is 15.3 Å². The number of methoxy groups -OCH3 is 1. The summed E-state index contributed by atoms with van der Waals surface area (Å²) >= 11 is 0. The van der Waals surface area contributed by atoms with Crippen molar-refractivity contribution in [3.8, 4) is 23.1 Å². The van der Waals surface area contributed by atoms with E-state index in [1.807, 2.05) is 6.07 Å². The predicted octanol–water partition coefficient (Wildman–Crippen LogP) is 3.06. The number of nitrogens with zero attached hydrogens (tertiary/aromatic N) is 2.